The fourth-order valence-electron chi connectivity index (χ4n) is 2.55. The van der Waals surface area contributed by atoms with Gasteiger partial charge in [0.2, 0.25) is 5.91 Å². The highest BCUT2D eigenvalue weighted by Crippen LogP contribution is 2.39. The SMILES string of the molecule is Cc1cc(N=C/C(=C\N)C(C)C(=O)Nc2cc(C3CC3)[nH]n2)ccc1Cl. The predicted octanol–water partition coefficient (Wildman–Crippen LogP) is 4.07. The second kappa shape index (κ2) is 7.74. The lowest BCUT2D eigenvalue weighted by atomic mass is 10.0. The first-order valence-corrected chi connectivity index (χ1v) is 8.94. The Morgan fingerprint density at radius 3 is 2.88 bits per heavy atom. The molecule has 4 N–H and O–H groups in total. The Kier molecular flexibility index (Phi) is 5.42. The summed E-state index contributed by atoms with van der Waals surface area (Å²) in [4.78, 5) is 16.9. The van der Waals surface area contributed by atoms with Gasteiger partial charge in [0.1, 0.15) is 0 Å². The van der Waals surface area contributed by atoms with Gasteiger partial charge in [-0.1, -0.05) is 11.6 Å². The molecule has 0 radical (unpaired) electrons. The van der Waals surface area contributed by atoms with Crippen molar-refractivity contribution in [2.45, 2.75) is 32.6 Å². The number of benzene rings is 1. The van der Waals surface area contributed by atoms with Gasteiger partial charge in [-0.3, -0.25) is 14.9 Å². The number of nitrogens with one attached hydrogen (secondary N) is 2. The van der Waals surface area contributed by atoms with E-state index >= 15 is 0 Å². The molecule has 26 heavy (non-hydrogen) atoms. The average molecular weight is 372 g/mol. The molecule has 3 rings (SSSR count). The molecule has 1 aromatic carbocycles. The van der Waals surface area contributed by atoms with Crippen molar-refractivity contribution in [1.82, 2.24) is 10.2 Å². The minimum atomic E-state index is -0.460. The van der Waals surface area contributed by atoms with Gasteiger partial charge in [0.05, 0.1) is 11.6 Å². The molecule has 136 valence electrons. The van der Waals surface area contributed by atoms with Gasteiger partial charge in [-0.05, 0) is 62.2 Å². The van der Waals surface area contributed by atoms with Crippen molar-refractivity contribution in [2.24, 2.45) is 16.6 Å². The summed E-state index contributed by atoms with van der Waals surface area (Å²) in [6, 6.07) is 7.37. The number of aromatic amines is 1. The van der Waals surface area contributed by atoms with Gasteiger partial charge in [0.15, 0.2) is 5.82 Å². The van der Waals surface area contributed by atoms with Gasteiger partial charge in [0, 0.05) is 28.9 Å². The van der Waals surface area contributed by atoms with E-state index in [1.54, 1.807) is 19.2 Å². The molecule has 1 saturated carbocycles. The van der Waals surface area contributed by atoms with Crippen LogP contribution in [0.2, 0.25) is 5.02 Å². The molecular formula is C19H22ClN5O. The molecule has 1 aliphatic rings. The number of halogens is 1. The van der Waals surface area contributed by atoms with Gasteiger partial charge in [0.25, 0.3) is 0 Å². The van der Waals surface area contributed by atoms with Crippen LogP contribution in [0.5, 0.6) is 0 Å². The molecular weight excluding hydrogens is 350 g/mol. The monoisotopic (exact) mass is 371 g/mol. The third-order valence-electron chi connectivity index (χ3n) is 4.46. The fourth-order valence-corrected chi connectivity index (χ4v) is 2.66. The van der Waals surface area contributed by atoms with E-state index in [-0.39, 0.29) is 5.91 Å². The molecule has 1 aromatic heterocycles. The highest BCUT2D eigenvalue weighted by molar-refractivity contribution is 6.31. The molecule has 1 heterocycles. The first-order valence-electron chi connectivity index (χ1n) is 8.56. The summed E-state index contributed by atoms with van der Waals surface area (Å²) in [5, 5.41) is 10.6. The Morgan fingerprint density at radius 2 is 2.23 bits per heavy atom. The van der Waals surface area contributed by atoms with E-state index in [1.807, 2.05) is 25.1 Å². The number of hydrogen-bond donors (Lipinski definition) is 3. The van der Waals surface area contributed by atoms with Crippen LogP contribution in [0.4, 0.5) is 11.5 Å². The molecule has 1 amide bonds. The Hall–Kier alpha value is -2.60. The molecule has 1 atom stereocenters. The van der Waals surface area contributed by atoms with Crippen LogP contribution >= 0.6 is 11.6 Å². The number of nitrogens with zero attached hydrogens (tertiary/aromatic N) is 2. The van der Waals surface area contributed by atoms with Crippen LogP contribution in [0, 0.1) is 12.8 Å². The highest BCUT2D eigenvalue weighted by atomic mass is 35.5. The molecule has 1 fully saturated rings. The van der Waals surface area contributed by atoms with Crippen LogP contribution in [-0.2, 0) is 4.79 Å². The van der Waals surface area contributed by atoms with E-state index in [4.69, 9.17) is 17.3 Å². The maximum absolute atomic E-state index is 12.5. The van der Waals surface area contributed by atoms with Crippen LogP contribution in [-0.4, -0.2) is 22.3 Å². The smallest absolute Gasteiger partial charge is 0.232 e. The van der Waals surface area contributed by atoms with Crippen LogP contribution in [0.25, 0.3) is 0 Å². The Morgan fingerprint density at radius 1 is 1.46 bits per heavy atom. The number of rotatable bonds is 6. The van der Waals surface area contributed by atoms with Crippen LogP contribution in [0.1, 0.15) is 36.9 Å². The summed E-state index contributed by atoms with van der Waals surface area (Å²) >= 11 is 6.02. The number of aliphatic imine (C=N–C) groups is 1. The molecule has 2 aromatic rings. The number of nitrogens with two attached hydrogens (primary N) is 1. The van der Waals surface area contributed by atoms with Gasteiger partial charge in [-0.2, -0.15) is 5.10 Å². The lowest BCUT2D eigenvalue weighted by Crippen LogP contribution is -2.23. The Labute approximate surface area is 157 Å². The number of anilines is 1. The second-order valence-electron chi connectivity index (χ2n) is 6.55. The number of carbonyl (C=O) groups is 1. The van der Waals surface area contributed by atoms with Crippen molar-refractivity contribution in [2.75, 3.05) is 5.32 Å². The minimum Gasteiger partial charge on any atom is -0.404 e. The van der Waals surface area contributed by atoms with Crippen molar-refractivity contribution in [3.05, 3.63) is 52.3 Å². The summed E-state index contributed by atoms with van der Waals surface area (Å²) in [6.45, 7) is 3.69. The summed E-state index contributed by atoms with van der Waals surface area (Å²) in [6.07, 6.45) is 5.35. The number of carbonyl (C=O) groups excluding carboxylic acids is 1. The molecule has 0 bridgehead atoms. The van der Waals surface area contributed by atoms with E-state index in [2.05, 4.69) is 20.5 Å². The van der Waals surface area contributed by atoms with E-state index in [1.165, 1.54) is 19.0 Å². The van der Waals surface area contributed by atoms with Crippen LogP contribution < -0.4 is 11.1 Å². The van der Waals surface area contributed by atoms with Gasteiger partial charge >= 0.3 is 0 Å². The number of amides is 1. The number of aromatic nitrogens is 2. The zero-order chi connectivity index (χ0) is 18.7. The zero-order valence-electron chi connectivity index (χ0n) is 14.8. The van der Waals surface area contributed by atoms with Crippen LogP contribution in [0.15, 0.2) is 41.0 Å². The third-order valence-corrected chi connectivity index (χ3v) is 4.88. The molecule has 0 saturated heterocycles. The standard InChI is InChI=1S/C19H22ClN5O/c1-11-7-15(5-6-16(11)20)22-10-14(9-21)12(2)19(26)23-18-8-17(24-25-18)13-3-4-13/h5-10,12-13H,3-4,21H2,1-2H3,(H2,23,24,25,26)/b14-9+,22-10?. The highest BCUT2D eigenvalue weighted by Gasteiger charge is 2.26. The lowest BCUT2D eigenvalue weighted by Gasteiger charge is -2.11. The maximum atomic E-state index is 12.5. The molecule has 1 unspecified atom stereocenters. The number of hydrogen-bond acceptors (Lipinski definition) is 4. The largest absolute Gasteiger partial charge is 0.404 e. The zero-order valence-corrected chi connectivity index (χ0v) is 15.5. The summed E-state index contributed by atoms with van der Waals surface area (Å²) in [5.41, 5.74) is 9.08. The van der Waals surface area contributed by atoms with E-state index in [0.717, 1.165) is 16.9 Å². The van der Waals surface area contributed by atoms with Crippen molar-refractivity contribution >= 4 is 35.2 Å². The summed E-state index contributed by atoms with van der Waals surface area (Å²) in [7, 11) is 0. The molecule has 7 heteroatoms. The first kappa shape index (κ1) is 18.2. The van der Waals surface area contributed by atoms with Gasteiger partial charge < -0.3 is 11.1 Å². The summed E-state index contributed by atoms with van der Waals surface area (Å²) < 4.78 is 0. The molecule has 0 aliphatic heterocycles. The van der Waals surface area contributed by atoms with Crippen molar-refractivity contribution in [3.63, 3.8) is 0 Å². The maximum Gasteiger partial charge on any atom is 0.232 e. The number of aryl methyl sites for hydroxylation is 1. The fraction of sp³-hybridized carbons (Fsp3) is 0.316. The summed E-state index contributed by atoms with van der Waals surface area (Å²) in [5.74, 6) is 0.443. The topological polar surface area (TPSA) is 96.2 Å². The van der Waals surface area contributed by atoms with E-state index in [9.17, 15) is 4.79 Å². The first-order chi connectivity index (χ1) is 12.5. The number of H-pyrrole nitrogens is 1. The molecule has 0 spiro atoms. The quantitative estimate of drug-likeness (QED) is 0.668. The van der Waals surface area contributed by atoms with E-state index < -0.39 is 5.92 Å². The van der Waals surface area contributed by atoms with Gasteiger partial charge in [-0.15, -0.1) is 0 Å². The minimum absolute atomic E-state index is 0.186. The Balaban J connectivity index is 1.64. The van der Waals surface area contributed by atoms with Crippen LogP contribution in [0.3, 0.4) is 0 Å². The lowest BCUT2D eigenvalue weighted by molar-refractivity contribution is -0.118. The van der Waals surface area contributed by atoms with Crippen molar-refractivity contribution < 1.29 is 4.79 Å². The second-order valence-corrected chi connectivity index (χ2v) is 6.96. The van der Waals surface area contributed by atoms with E-state index in [0.29, 0.717) is 22.3 Å². The normalized spacial score (nSPS) is 16.0. The molecule has 1 aliphatic carbocycles. The van der Waals surface area contributed by atoms with Gasteiger partial charge in [-0.25, -0.2) is 0 Å². The van der Waals surface area contributed by atoms with Crippen molar-refractivity contribution in [3.8, 4) is 0 Å². The Bertz CT molecular complexity index is 867. The molecule has 6 nitrogen and oxygen atoms in total. The van der Waals surface area contributed by atoms with Crippen molar-refractivity contribution in [1.29, 1.82) is 0 Å². The third kappa shape index (κ3) is 4.32. The predicted molar refractivity (Wildman–Crippen MR) is 105 cm³/mol. The average Bonchev–Trinajstić information content (AvgIpc) is 3.38.